The molecule has 0 spiro atoms. The molecule has 2 aromatic heterocycles. The van der Waals surface area contributed by atoms with Crippen LogP contribution in [0.5, 0.6) is 0 Å². The lowest BCUT2D eigenvalue weighted by molar-refractivity contribution is 0.612. The van der Waals surface area contributed by atoms with Crippen LogP contribution in [0.25, 0.3) is 5.78 Å². The number of benzene rings is 2. The first kappa shape index (κ1) is 17.0. The third-order valence-electron chi connectivity index (χ3n) is 4.42. The van der Waals surface area contributed by atoms with Crippen molar-refractivity contribution in [3.63, 3.8) is 0 Å². The molecule has 0 atom stereocenters. The van der Waals surface area contributed by atoms with Gasteiger partial charge >= 0.3 is 0 Å². The molecule has 2 N–H and O–H groups in total. The Balaban J connectivity index is 1.63. The summed E-state index contributed by atoms with van der Waals surface area (Å²) in [5.41, 5.74) is 2.63. The van der Waals surface area contributed by atoms with Crippen molar-refractivity contribution >= 4 is 11.7 Å². The Morgan fingerprint density at radius 1 is 1.07 bits per heavy atom. The molecule has 4 aromatic rings. The smallest absolute Gasteiger partial charge is 0.277 e. The number of H-pyrrole nitrogens is 1. The standard InChI is InChI=1S/C20H18FN5O/c1-13-16(11-14-7-3-2-4-8-14)18(27)26-20(23-13)24-19(25-26)22-12-15-9-5-6-10-17(15)21/h2-10H,11-12H2,1H3,(H2,22,23,24,25). The van der Waals surface area contributed by atoms with Crippen molar-refractivity contribution in [1.82, 2.24) is 19.6 Å². The quantitative estimate of drug-likeness (QED) is 0.571. The van der Waals surface area contributed by atoms with Crippen LogP contribution >= 0.6 is 0 Å². The molecule has 136 valence electrons. The molecule has 0 fully saturated rings. The van der Waals surface area contributed by atoms with E-state index in [9.17, 15) is 9.18 Å². The van der Waals surface area contributed by atoms with Crippen molar-refractivity contribution in [2.24, 2.45) is 0 Å². The maximum atomic E-state index is 13.7. The molecule has 0 amide bonds. The highest BCUT2D eigenvalue weighted by molar-refractivity contribution is 5.40. The molecule has 0 saturated carbocycles. The van der Waals surface area contributed by atoms with E-state index < -0.39 is 0 Å². The lowest BCUT2D eigenvalue weighted by atomic mass is 10.1. The number of halogens is 1. The number of aryl methyl sites for hydroxylation is 1. The van der Waals surface area contributed by atoms with Crippen LogP contribution in [0.4, 0.5) is 10.3 Å². The van der Waals surface area contributed by atoms with Crippen LogP contribution in [0.15, 0.2) is 59.4 Å². The van der Waals surface area contributed by atoms with Crippen molar-refractivity contribution in [3.05, 3.63) is 93.2 Å². The molecule has 0 bridgehead atoms. The van der Waals surface area contributed by atoms with Crippen molar-refractivity contribution in [3.8, 4) is 0 Å². The third-order valence-corrected chi connectivity index (χ3v) is 4.42. The first-order valence-corrected chi connectivity index (χ1v) is 8.61. The molecule has 2 heterocycles. The predicted molar refractivity (Wildman–Crippen MR) is 101 cm³/mol. The van der Waals surface area contributed by atoms with Gasteiger partial charge in [0.05, 0.1) is 5.69 Å². The molecule has 0 unspecified atom stereocenters. The van der Waals surface area contributed by atoms with Gasteiger partial charge in [0.1, 0.15) is 5.82 Å². The van der Waals surface area contributed by atoms with Crippen LogP contribution in [0.1, 0.15) is 22.4 Å². The van der Waals surface area contributed by atoms with Gasteiger partial charge in [0.2, 0.25) is 5.95 Å². The van der Waals surface area contributed by atoms with Crippen LogP contribution in [0.3, 0.4) is 0 Å². The normalized spacial score (nSPS) is 11.0. The van der Waals surface area contributed by atoms with Crippen LogP contribution in [-0.2, 0) is 13.0 Å². The van der Waals surface area contributed by atoms with Gasteiger partial charge in [-0.05, 0) is 18.6 Å². The van der Waals surface area contributed by atoms with E-state index in [4.69, 9.17) is 0 Å². The van der Waals surface area contributed by atoms with E-state index in [0.29, 0.717) is 29.2 Å². The lowest BCUT2D eigenvalue weighted by Crippen LogP contribution is -2.22. The van der Waals surface area contributed by atoms with Crippen LogP contribution in [0, 0.1) is 12.7 Å². The summed E-state index contributed by atoms with van der Waals surface area (Å²) in [6.07, 6.45) is 0.498. The van der Waals surface area contributed by atoms with Gasteiger partial charge < -0.3 is 5.32 Å². The fraction of sp³-hybridized carbons (Fsp3) is 0.150. The maximum absolute atomic E-state index is 13.7. The summed E-state index contributed by atoms with van der Waals surface area (Å²) in [5.74, 6) is 0.349. The molecule has 27 heavy (non-hydrogen) atoms. The largest absolute Gasteiger partial charge is 0.350 e. The molecule has 7 heteroatoms. The molecule has 0 aliphatic rings. The minimum atomic E-state index is -0.294. The highest BCUT2D eigenvalue weighted by Gasteiger charge is 2.14. The fourth-order valence-corrected chi connectivity index (χ4v) is 2.96. The van der Waals surface area contributed by atoms with Gasteiger partial charge in [0.15, 0.2) is 0 Å². The number of aromatic amines is 1. The van der Waals surface area contributed by atoms with Gasteiger partial charge in [-0.1, -0.05) is 48.5 Å². The number of hydrogen-bond acceptors (Lipinski definition) is 4. The van der Waals surface area contributed by atoms with Crippen molar-refractivity contribution in [2.75, 3.05) is 5.32 Å². The Hall–Kier alpha value is -3.48. The Morgan fingerprint density at radius 3 is 2.59 bits per heavy atom. The minimum absolute atomic E-state index is 0.187. The van der Waals surface area contributed by atoms with Crippen molar-refractivity contribution < 1.29 is 4.39 Å². The minimum Gasteiger partial charge on any atom is -0.350 e. The molecular weight excluding hydrogens is 345 g/mol. The van der Waals surface area contributed by atoms with E-state index in [-0.39, 0.29) is 23.7 Å². The molecule has 4 rings (SSSR count). The van der Waals surface area contributed by atoms with E-state index in [1.807, 2.05) is 30.3 Å². The lowest BCUT2D eigenvalue weighted by Gasteiger charge is -2.05. The topological polar surface area (TPSA) is 75.1 Å². The summed E-state index contributed by atoms with van der Waals surface area (Å²) in [6.45, 7) is 2.05. The first-order valence-electron chi connectivity index (χ1n) is 8.61. The summed E-state index contributed by atoms with van der Waals surface area (Å²) in [6, 6.07) is 16.3. The fourth-order valence-electron chi connectivity index (χ4n) is 2.96. The number of anilines is 1. The van der Waals surface area contributed by atoms with Gasteiger partial charge in [0.25, 0.3) is 11.3 Å². The summed E-state index contributed by atoms with van der Waals surface area (Å²) < 4.78 is 15.1. The number of nitrogens with one attached hydrogen (secondary N) is 2. The Labute approximate surface area is 154 Å². The first-order chi connectivity index (χ1) is 13.1. The monoisotopic (exact) mass is 363 g/mol. The third kappa shape index (κ3) is 3.44. The Morgan fingerprint density at radius 2 is 1.81 bits per heavy atom. The van der Waals surface area contributed by atoms with Gasteiger partial charge in [-0.2, -0.15) is 9.50 Å². The van der Waals surface area contributed by atoms with Gasteiger partial charge in [-0.25, -0.2) is 9.37 Å². The second kappa shape index (κ2) is 7.03. The zero-order valence-corrected chi connectivity index (χ0v) is 14.7. The summed E-state index contributed by atoms with van der Waals surface area (Å²) in [5, 5.41) is 5.90. The van der Waals surface area contributed by atoms with Gasteiger partial charge in [0, 0.05) is 24.1 Å². The van der Waals surface area contributed by atoms with Crippen LogP contribution < -0.4 is 10.9 Å². The average molecular weight is 363 g/mol. The zero-order chi connectivity index (χ0) is 18.8. The highest BCUT2D eigenvalue weighted by atomic mass is 19.1. The van der Waals surface area contributed by atoms with Crippen molar-refractivity contribution in [2.45, 2.75) is 19.9 Å². The molecule has 0 aliphatic heterocycles. The van der Waals surface area contributed by atoms with E-state index in [2.05, 4.69) is 20.4 Å². The number of aromatic nitrogens is 4. The second-order valence-electron chi connectivity index (χ2n) is 6.30. The van der Waals surface area contributed by atoms with Crippen LogP contribution in [-0.4, -0.2) is 19.6 Å². The average Bonchev–Trinajstić information content (AvgIpc) is 3.08. The molecule has 0 aliphatic carbocycles. The number of nitrogens with zero attached hydrogens (tertiary/aromatic N) is 3. The van der Waals surface area contributed by atoms with E-state index >= 15 is 0 Å². The highest BCUT2D eigenvalue weighted by Crippen LogP contribution is 2.12. The predicted octanol–water partition coefficient (Wildman–Crippen LogP) is 3.07. The maximum Gasteiger partial charge on any atom is 0.277 e. The summed E-state index contributed by atoms with van der Waals surface area (Å²) >= 11 is 0. The van der Waals surface area contributed by atoms with Gasteiger partial charge in [-0.3, -0.25) is 9.89 Å². The number of hydrogen-bond donors (Lipinski definition) is 2. The molecule has 6 nitrogen and oxygen atoms in total. The molecule has 0 saturated heterocycles. The number of fused-ring (bicyclic) bond motifs is 1. The van der Waals surface area contributed by atoms with Crippen LogP contribution in [0.2, 0.25) is 0 Å². The van der Waals surface area contributed by atoms with E-state index in [0.717, 1.165) is 5.56 Å². The number of rotatable bonds is 5. The summed E-state index contributed by atoms with van der Waals surface area (Å²) in [7, 11) is 0. The zero-order valence-electron chi connectivity index (χ0n) is 14.7. The molecule has 0 radical (unpaired) electrons. The van der Waals surface area contributed by atoms with E-state index in [1.54, 1.807) is 25.1 Å². The second-order valence-corrected chi connectivity index (χ2v) is 6.30. The Bertz CT molecular complexity index is 1150. The van der Waals surface area contributed by atoms with Crippen molar-refractivity contribution in [1.29, 1.82) is 0 Å². The van der Waals surface area contributed by atoms with Gasteiger partial charge in [-0.15, -0.1) is 0 Å². The molecular formula is C20H18FN5O. The van der Waals surface area contributed by atoms with E-state index in [1.165, 1.54) is 10.6 Å². The summed E-state index contributed by atoms with van der Waals surface area (Å²) in [4.78, 5) is 21.6. The Kier molecular flexibility index (Phi) is 4.42. The molecule has 2 aromatic carbocycles. The SMILES string of the molecule is Cc1nc2nc(NCc3ccccc3F)[nH]n2c(=O)c1Cc1ccccc1.